The Kier molecular flexibility index (Phi) is 5.34. The lowest BCUT2D eigenvalue weighted by Crippen LogP contribution is -2.46. The number of amides is 2. The maximum Gasteiger partial charge on any atom is 0.326 e. The number of hydrogen-bond acceptors (Lipinski definition) is 3. The van der Waals surface area contributed by atoms with E-state index in [0.717, 1.165) is 11.1 Å². The largest absolute Gasteiger partial charge is 0.480 e. The number of carbonyl (C=O) groups is 2. The number of rotatable bonds is 6. The summed E-state index contributed by atoms with van der Waals surface area (Å²) in [7, 11) is 0. The summed E-state index contributed by atoms with van der Waals surface area (Å²) in [5, 5.41) is 18.2. The second-order valence-corrected chi connectivity index (χ2v) is 5.32. The Labute approximate surface area is 126 Å². The highest BCUT2D eigenvalue weighted by Gasteiger charge is 2.20. The van der Waals surface area contributed by atoms with Crippen molar-refractivity contribution in [3.63, 3.8) is 0 Å². The summed E-state index contributed by atoms with van der Waals surface area (Å²) in [4.78, 5) is 23.0. The Morgan fingerprint density at radius 3 is 2.52 bits per heavy atom. The van der Waals surface area contributed by atoms with Gasteiger partial charge in [-0.1, -0.05) is 30.3 Å². The molecule has 0 aliphatic carbocycles. The van der Waals surface area contributed by atoms with Gasteiger partial charge in [-0.25, -0.2) is 9.59 Å². The van der Waals surface area contributed by atoms with E-state index in [2.05, 4.69) is 10.6 Å². The predicted molar refractivity (Wildman–Crippen MR) is 81.3 cm³/mol. The highest BCUT2D eigenvalue weighted by molar-refractivity contribution is 7.07. The molecule has 2 aromatic rings. The zero-order valence-corrected chi connectivity index (χ0v) is 12.1. The van der Waals surface area contributed by atoms with Crippen LogP contribution in [-0.4, -0.2) is 23.1 Å². The summed E-state index contributed by atoms with van der Waals surface area (Å²) in [6.45, 7) is 0.382. The molecule has 1 atom stereocenters. The molecule has 3 N–H and O–H groups in total. The molecule has 0 unspecified atom stereocenters. The molecule has 0 saturated carbocycles. The summed E-state index contributed by atoms with van der Waals surface area (Å²) in [5.74, 6) is -1.05. The molecule has 1 aromatic heterocycles. The predicted octanol–water partition coefficient (Wildman–Crippen LogP) is 2.24. The Morgan fingerprint density at radius 2 is 1.90 bits per heavy atom. The minimum atomic E-state index is -1.05. The minimum absolute atomic E-state index is 0.252. The summed E-state index contributed by atoms with van der Waals surface area (Å²) in [6.07, 6.45) is 0.252. The van der Waals surface area contributed by atoms with Crippen LogP contribution in [0.4, 0.5) is 4.79 Å². The third-order valence-corrected chi connectivity index (χ3v) is 3.65. The van der Waals surface area contributed by atoms with Crippen LogP contribution in [0.15, 0.2) is 47.2 Å². The zero-order chi connectivity index (χ0) is 15.1. The number of carboxylic acids is 1. The van der Waals surface area contributed by atoms with Crippen LogP contribution in [0.3, 0.4) is 0 Å². The second kappa shape index (κ2) is 7.44. The summed E-state index contributed by atoms with van der Waals surface area (Å²) < 4.78 is 0. The third-order valence-electron chi connectivity index (χ3n) is 2.92. The van der Waals surface area contributed by atoms with Crippen molar-refractivity contribution in [1.29, 1.82) is 0 Å². The van der Waals surface area contributed by atoms with Crippen LogP contribution in [0.5, 0.6) is 0 Å². The molecule has 0 aliphatic heterocycles. The number of carbonyl (C=O) groups excluding carboxylic acids is 1. The van der Waals surface area contributed by atoms with Gasteiger partial charge in [0.1, 0.15) is 6.04 Å². The number of aliphatic carboxylic acids is 1. The molecule has 2 rings (SSSR count). The number of benzene rings is 1. The maximum atomic E-state index is 11.8. The highest BCUT2D eigenvalue weighted by Crippen LogP contribution is 2.05. The van der Waals surface area contributed by atoms with Gasteiger partial charge in [-0.3, -0.25) is 0 Å². The van der Waals surface area contributed by atoms with E-state index in [1.54, 1.807) is 11.3 Å². The fraction of sp³-hybridized carbons (Fsp3) is 0.200. The summed E-state index contributed by atoms with van der Waals surface area (Å²) in [5.41, 5.74) is 1.85. The van der Waals surface area contributed by atoms with E-state index in [1.807, 2.05) is 47.2 Å². The lowest BCUT2D eigenvalue weighted by molar-refractivity contribution is -0.139. The van der Waals surface area contributed by atoms with Crippen LogP contribution < -0.4 is 10.6 Å². The van der Waals surface area contributed by atoms with E-state index >= 15 is 0 Å². The van der Waals surface area contributed by atoms with Crippen molar-refractivity contribution in [2.75, 3.05) is 0 Å². The van der Waals surface area contributed by atoms with Gasteiger partial charge in [-0.05, 0) is 28.0 Å². The number of carboxylic acid groups (broad SMARTS) is 1. The Bertz CT molecular complexity index is 584. The second-order valence-electron chi connectivity index (χ2n) is 4.54. The van der Waals surface area contributed by atoms with Crippen LogP contribution >= 0.6 is 11.3 Å². The van der Waals surface area contributed by atoms with Gasteiger partial charge >= 0.3 is 12.0 Å². The van der Waals surface area contributed by atoms with Crippen molar-refractivity contribution in [2.45, 2.75) is 19.0 Å². The van der Waals surface area contributed by atoms with Crippen LogP contribution in [0.1, 0.15) is 11.1 Å². The van der Waals surface area contributed by atoms with Gasteiger partial charge in [0.2, 0.25) is 0 Å². The Balaban J connectivity index is 1.87. The average molecular weight is 304 g/mol. The first-order valence-corrected chi connectivity index (χ1v) is 7.41. The SMILES string of the molecule is O=C(NCc1ccsc1)N[C@H](Cc1ccccc1)C(=O)O. The lowest BCUT2D eigenvalue weighted by atomic mass is 10.1. The van der Waals surface area contributed by atoms with Gasteiger partial charge in [0.05, 0.1) is 0 Å². The lowest BCUT2D eigenvalue weighted by Gasteiger charge is -2.15. The maximum absolute atomic E-state index is 11.8. The van der Waals surface area contributed by atoms with Crippen molar-refractivity contribution in [3.05, 3.63) is 58.3 Å². The first-order valence-electron chi connectivity index (χ1n) is 6.47. The van der Waals surface area contributed by atoms with Crippen molar-refractivity contribution in [2.24, 2.45) is 0 Å². The molecule has 0 radical (unpaired) electrons. The first-order chi connectivity index (χ1) is 10.1. The number of hydrogen-bond donors (Lipinski definition) is 3. The van der Waals surface area contributed by atoms with Crippen LogP contribution in [0.25, 0.3) is 0 Å². The van der Waals surface area contributed by atoms with E-state index in [0.29, 0.717) is 6.54 Å². The molecule has 0 fully saturated rings. The molecule has 5 nitrogen and oxygen atoms in total. The van der Waals surface area contributed by atoms with Gasteiger partial charge in [0.15, 0.2) is 0 Å². The first kappa shape index (κ1) is 15.1. The van der Waals surface area contributed by atoms with Crippen LogP contribution in [0.2, 0.25) is 0 Å². The van der Waals surface area contributed by atoms with E-state index in [-0.39, 0.29) is 6.42 Å². The van der Waals surface area contributed by atoms with Crippen molar-refractivity contribution >= 4 is 23.3 Å². The molecule has 110 valence electrons. The van der Waals surface area contributed by atoms with E-state index in [1.165, 1.54) is 0 Å². The van der Waals surface area contributed by atoms with Gasteiger partial charge in [0, 0.05) is 13.0 Å². The standard InChI is InChI=1S/C15H16N2O3S/c18-14(19)13(8-11-4-2-1-3-5-11)17-15(20)16-9-12-6-7-21-10-12/h1-7,10,13H,8-9H2,(H,18,19)(H2,16,17,20)/t13-/m1/s1. The quantitative estimate of drug-likeness (QED) is 0.766. The molecule has 21 heavy (non-hydrogen) atoms. The number of nitrogens with one attached hydrogen (secondary N) is 2. The fourth-order valence-corrected chi connectivity index (χ4v) is 2.50. The van der Waals surface area contributed by atoms with E-state index in [9.17, 15) is 14.7 Å². The van der Waals surface area contributed by atoms with Crippen LogP contribution in [0, 0.1) is 0 Å². The van der Waals surface area contributed by atoms with Crippen LogP contribution in [-0.2, 0) is 17.8 Å². The third kappa shape index (κ3) is 4.92. The minimum Gasteiger partial charge on any atom is -0.480 e. The summed E-state index contributed by atoms with van der Waals surface area (Å²) >= 11 is 1.55. The normalized spacial score (nSPS) is 11.6. The molecule has 0 aliphatic rings. The molecule has 0 bridgehead atoms. The fourth-order valence-electron chi connectivity index (χ4n) is 1.83. The Hall–Kier alpha value is -2.34. The van der Waals surface area contributed by atoms with Gasteiger partial charge < -0.3 is 15.7 Å². The molecular formula is C15H16N2O3S. The number of thiophene rings is 1. The van der Waals surface area contributed by atoms with E-state index in [4.69, 9.17) is 0 Å². The van der Waals surface area contributed by atoms with Crippen molar-refractivity contribution < 1.29 is 14.7 Å². The molecule has 2 amide bonds. The average Bonchev–Trinajstić information content (AvgIpc) is 2.99. The van der Waals surface area contributed by atoms with E-state index < -0.39 is 18.0 Å². The molecule has 1 aromatic carbocycles. The molecule has 0 saturated heterocycles. The summed E-state index contributed by atoms with van der Waals surface area (Å²) in [6, 6.07) is 9.68. The topological polar surface area (TPSA) is 78.4 Å². The van der Waals surface area contributed by atoms with Gasteiger partial charge in [0.25, 0.3) is 0 Å². The molecular weight excluding hydrogens is 288 g/mol. The number of urea groups is 1. The monoisotopic (exact) mass is 304 g/mol. The zero-order valence-electron chi connectivity index (χ0n) is 11.3. The molecule has 6 heteroatoms. The van der Waals surface area contributed by atoms with Crippen molar-refractivity contribution in [1.82, 2.24) is 10.6 Å². The van der Waals surface area contributed by atoms with Crippen molar-refractivity contribution in [3.8, 4) is 0 Å². The molecule has 0 spiro atoms. The van der Waals surface area contributed by atoms with Gasteiger partial charge in [-0.2, -0.15) is 11.3 Å². The van der Waals surface area contributed by atoms with Gasteiger partial charge in [-0.15, -0.1) is 0 Å². The molecule has 1 heterocycles. The Morgan fingerprint density at radius 1 is 1.14 bits per heavy atom. The smallest absolute Gasteiger partial charge is 0.326 e. The highest BCUT2D eigenvalue weighted by atomic mass is 32.1.